The Morgan fingerprint density at radius 3 is 2.42 bits per heavy atom. The smallest absolute Gasteiger partial charge is 0.253 e. The third-order valence-corrected chi connectivity index (χ3v) is 7.46. The lowest BCUT2D eigenvalue weighted by Gasteiger charge is -2.21. The summed E-state index contributed by atoms with van der Waals surface area (Å²) in [5.74, 6) is -0.720. The van der Waals surface area contributed by atoms with Gasteiger partial charge in [-0.25, -0.2) is 13.1 Å². The summed E-state index contributed by atoms with van der Waals surface area (Å²) in [5.41, 5.74) is 2.16. The molecule has 0 saturated carbocycles. The molecule has 0 atom stereocenters. The van der Waals surface area contributed by atoms with E-state index in [1.807, 2.05) is 36.5 Å². The van der Waals surface area contributed by atoms with Crippen molar-refractivity contribution < 1.29 is 18.0 Å². The van der Waals surface area contributed by atoms with Crippen molar-refractivity contribution in [3.05, 3.63) is 107 Å². The van der Waals surface area contributed by atoms with Crippen LogP contribution < -0.4 is 0 Å². The van der Waals surface area contributed by atoms with Crippen LogP contribution in [0.4, 0.5) is 0 Å². The van der Waals surface area contributed by atoms with E-state index in [0.29, 0.717) is 0 Å². The van der Waals surface area contributed by atoms with Gasteiger partial charge in [-0.2, -0.15) is 5.10 Å². The van der Waals surface area contributed by atoms with E-state index in [2.05, 4.69) is 5.10 Å². The first-order chi connectivity index (χ1) is 15.9. The van der Waals surface area contributed by atoms with Crippen molar-refractivity contribution in [2.45, 2.75) is 16.3 Å². The number of sulfone groups is 1. The van der Waals surface area contributed by atoms with Crippen molar-refractivity contribution in [2.75, 3.05) is 7.05 Å². The van der Waals surface area contributed by atoms with Gasteiger partial charge in [0, 0.05) is 42.0 Å². The number of ketones is 1. The van der Waals surface area contributed by atoms with Gasteiger partial charge in [0.1, 0.15) is 0 Å². The Kier molecular flexibility index (Phi) is 4.94. The third-order valence-electron chi connectivity index (χ3n) is 5.61. The van der Waals surface area contributed by atoms with Gasteiger partial charge in [0.2, 0.25) is 9.84 Å². The zero-order valence-corrected chi connectivity index (χ0v) is 18.5. The normalized spacial score (nSPS) is 13.8. The van der Waals surface area contributed by atoms with Gasteiger partial charge in [0.25, 0.3) is 5.91 Å². The van der Waals surface area contributed by atoms with Crippen LogP contribution in [-0.2, 0) is 16.4 Å². The van der Waals surface area contributed by atoms with E-state index in [0.717, 1.165) is 11.3 Å². The number of para-hydroxylation sites is 1. The fraction of sp³-hybridized carbons (Fsp3) is 0.0800. The molecule has 164 valence electrons. The number of amides is 1. The molecular formula is C25H19N3O4S. The number of hydrogen-bond acceptors (Lipinski definition) is 5. The van der Waals surface area contributed by atoms with Gasteiger partial charge in [-0.1, -0.05) is 30.3 Å². The van der Waals surface area contributed by atoms with Crippen LogP contribution in [0.25, 0.3) is 5.69 Å². The van der Waals surface area contributed by atoms with Crippen molar-refractivity contribution in [1.82, 2.24) is 14.7 Å². The number of rotatable bonds is 4. The van der Waals surface area contributed by atoms with Crippen molar-refractivity contribution in [3.8, 4) is 5.69 Å². The molecular weight excluding hydrogens is 438 g/mol. The molecule has 1 aliphatic rings. The standard InChI is InChI=1S/C25H19N3O4S/c1-27(15-17-14-26-28(16-17)19-7-3-2-4-8-19)25(30)18-11-12-21-23(13-18)33(31,32)22-10-6-5-9-20(22)24(21)29/h2-14,16H,15H2,1H3. The van der Waals surface area contributed by atoms with E-state index in [1.165, 1.54) is 35.2 Å². The summed E-state index contributed by atoms with van der Waals surface area (Å²) >= 11 is 0. The molecule has 4 aromatic rings. The Labute approximate surface area is 190 Å². The second-order valence-corrected chi connectivity index (χ2v) is 9.72. The molecule has 3 aromatic carbocycles. The fourth-order valence-corrected chi connectivity index (χ4v) is 5.62. The highest BCUT2D eigenvalue weighted by molar-refractivity contribution is 7.91. The summed E-state index contributed by atoms with van der Waals surface area (Å²) < 4.78 is 28.0. The summed E-state index contributed by atoms with van der Waals surface area (Å²) in [6, 6.07) is 19.9. The number of nitrogens with zero attached hydrogens (tertiary/aromatic N) is 3. The number of benzene rings is 3. The molecule has 0 fully saturated rings. The SMILES string of the molecule is CN(Cc1cnn(-c2ccccc2)c1)C(=O)c1ccc2c(c1)S(=O)(=O)c1ccccc1C2=O. The Morgan fingerprint density at radius 1 is 0.939 bits per heavy atom. The van der Waals surface area contributed by atoms with Crippen molar-refractivity contribution in [1.29, 1.82) is 0 Å². The van der Waals surface area contributed by atoms with Crippen LogP contribution in [0.15, 0.2) is 95.0 Å². The molecule has 8 heteroatoms. The first kappa shape index (κ1) is 20.8. The maximum atomic E-state index is 13.1. The van der Waals surface area contributed by atoms with Gasteiger partial charge in [0.15, 0.2) is 5.78 Å². The lowest BCUT2D eigenvalue weighted by atomic mass is 10.0. The van der Waals surface area contributed by atoms with E-state index >= 15 is 0 Å². The van der Waals surface area contributed by atoms with Crippen LogP contribution >= 0.6 is 0 Å². The minimum atomic E-state index is -3.91. The Hall–Kier alpha value is -4.04. The lowest BCUT2D eigenvalue weighted by molar-refractivity contribution is 0.0784. The number of fused-ring (bicyclic) bond motifs is 2. The van der Waals surface area contributed by atoms with Crippen molar-refractivity contribution in [2.24, 2.45) is 0 Å². The van der Waals surface area contributed by atoms with Crippen molar-refractivity contribution >= 4 is 21.5 Å². The molecule has 1 aliphatic heterocycles. The molecule has 0 saturated heterocycles. The summed E-state index contributed by atoms with van der Waals surface area (Å²) in [6.07, 6.45) is 3.52. The predicted molar refractivity (Wildman–Crippen MR) is 121 cm³/mol. The number of hydrogen-bond donors (Lipinski definition) is 0. The largest absolute Gasteiger partial charge is 0.337 e. The fourth-order valence-electron chi connectivity index (χ4n) is 3.95. The molecule has 0 unspecified atom stereocenters. The van der Waals surface area contributed by atoms with Gasteiger partial charge < -0.3 is 4.90 Å². The van der Waals surface area contributed by atoms with Crippen LogP contribution in [0.5, 0.6) is 0 Å². The first-order valence-electron chi connectivity index (χ1n) is 10.2. The topological polar surface area (TPSA) is 89.3 Å². The monoisotopic (exact) mass is 457 g/mol. The zero-order valence-electron chi connectivity index (χ0n) is 17.7. The van der Waals surface area contributed by atoms with E-state index in [1.54, 1.807) is 30.1 Å². The maximum Gasteiger partial charge on any atom is 0.253 e. The van der Waals surface area contributed by atoms with Gasteiger partial charge in [-0.3, -0.25) is 9.59 Å². The third kappa shape index (κ3) is 3.54. The lowest BCUT2D eigenvalue weighted by Crippen LogP contribution is -2.27. The number of carbonyl (C=O) groups is 2. The zero-order chi connectivity index (χ0) is 23.2. The quantitative estimate of drug-likeness (QED) is 0.412. The van der Waals surface area contributed by atoms with E-state index < -0.39 is 9.84 Å². The molecule has 0 N–H and O–H groups in total. The van der Waals surface area contributed by atoms with Crippen LogP contribution in [0, 0.1) is 0 Å². The predicted octanol–water partition coefficient (Wildman–Crippen LogP) is 3.52. The van der Waals surface area contributed by atoms with Crippen LogP contribution in [0.3, 0.4) is 0 Å². The Balaban J connectivity index is 1.42. The molecule has 1 amide bonds. The highest BCUT2D eigenvalue weighted by Crippen LogP contribution is 2.35. The van der Waals surface area contributed by atoms with E-state index in [9.17, 15) is 18.0 Å². The first-order valence-corrected chi connectivity index (χ1v) is 11.7. The minimum absolute atomic E-state index is 0.0335. The molecule has 33 heavy (non-hydrogen) atoms. The highest BCUT2D eigenvalue weighted by Gasteiger charge is 2.35. The highest BCUT2D eigenvalue weighted by atomic mass is 32.2. The molecule has 5 rings (SSSR count). The van der Waals surface area contributed by atoms with Gasteiger partial charge in [-0.05, 0) is 42.5 Å². The second kappa shape index (κ2) is 7.83. The van der Waals surface area contributed by atoms with Gasteiger partial charge >= 0.3 is 0 Å². The Bertz CT molecular complexity index is 1510. The summed E-state index contributed by atoms with van der Waals surface area (Å²) in [6.45, 7) is 0.289. The average molecular weight is 458 g/mol. The molecule has 1 aromatic heterocycles. The summed E-state index contributed by atoms with van der Waals surface area (Å²) in [4.78, 5) is 27.2. The van der Waals surface area contributed by atoms with Crippen molar-refractivity contribution in [3.63, 3.8) is 0 Å². The van der Waals surface area contributed by atoms with E-state index in [4.69, 9.17) is 0 Å². The van der Waals surface area contributed by atoms with Crippen LogP contribution in [0.1, 0.15) is 31.8 Å². The summed E-state index contributed by atoms with van der Waals surface area (Å²) in [7, 11) is -2.27. The second-order valence-electron chi connectivity index (χ2n) is 7.83. The number of aromatic nitrogens is 2. The molecule has 0 bridgehead atoms. The van der Waals surface area contributed by atoms with Crippen LogP contribution in [-0.4, -0.2) is 41.8 Å². The Morgan fingerprint density at radius 2 is 1.64 bits per heavy atom. The van der Waals surface area contributed by atoms with Crippen LogP contribution in [0.2, 0.25) is 0 Å². The minimum Gasteiger partial charge on any atom is -0.337 e. The molecule has 0 radical (unpaired) electrons. The van der Waals surface area contributed by atoms with E-state index in [-0.39, 0.29) is 44.7 Å². The average Bonchev–Trinajstić information content (AvgIpc) is 3.31. The number of carbonyl (C=O) groups excluding carboxylic acids is 2. The molecule has 0 spiro atoms. The van der Waals surface area contributed by atoms with Gasteiger partial charge in [0.05, 0.1) is 21.7 Å². The molecule has 0 aliphatic carbocycles. The summed E-state index contributed by atoms with van der Waals surface area (Å²) in [5, 5.41) is 4.34. The molecule has 7 nitrogen and oxygen atoms in total. The maximum absolute atomic E-state index is 13.1. The van der Waals surface area contributed by atoms with Gasteiger partial charge in [-0.15, -0.1) is 0 Å². The molecule has 2 heterocycles.